The average molecular weight is 1050 g/mol. The molecule has 2 aliphatic heterocycles. The van der Waals surface area contributed by atoms with Gasteiger partial charge in [-0.25, -0.2) is 0 Å². The van der Waals surface area contributed by atoms with Crippen LogP contribution in [0.25, 0.3) is 77.2 Å². The molecule has 0 amide bonds. The van der Waals surface area contributed by atoms with Crippen molar-refractivity contribution in [1.82, 2.24) is 9.13 Å². The standard InChI is InChI=1S/C72H59BN4Si2/c1-78(2,3)70-40-21-19-36-64(70)76-66-38-23-39-67-72(66)73(56-44-42-48(46-68(56)76)50-24-7-13-30-58(50)74-60-32-15-9-26-52(60)53-27-10-16-33-61(53)74)57-45-43-49(47-69(57)77(67)65-37-20-22-41-71(65)79(4,5)6)51-25-8-14-31-59(51)75-62-34-17-11-28-54(62)55-29-12-18-35-63(55)75/h7-47H,1-6H3. The van der Waals surface area contributed by atoms with Crippen LogP contribution in [-0.4, -0.2) is 32.0 Å². The predicted octanol–water partition coefficient (Wildman–Crippen LogP) is 16.4. The number of aromatic nitrogens is 2. The molecular weight excluding hydrogens is 988 g/mol. The van der Waals surface area contributed by atoms with Gasteiger partial charge in [-0.1, -0.05) is 215 Å². The van der Waals surface area contributed by atoms with Gasteiger partial charge in [0.2, 0.25) is 0 Å². The molecule has 0 N–H and O–H groups in total. The third-order valence-corrected chi connectivity index (χ3v) is 21.1. The smallest absolute Gasteiger partial charge is 0.252 e. The van der Waals surface area contributed by atoms with E-state index in [4.69, 9.17) is 0 Å². The molecule has 13 aromatic rings. The molecule has 79 heavy (non-hydrogen) atoms. The van der Waals surface area contributed by atoms with Crippen molar-refractivity contribution in [3.8, 4) is 33.6 Å². The maximum atomic E-state index is 2.65. The highest BCUT2D eigenvalue weighted by Crippen LogP contribution is 2.47. The molecule has 378 valence electrons. The lowest BCUT2D eigenvalue weighted by atomic mass is 9.33. The molecule has 4 heterocycles. The summed E-state index contributed by atoms with van der Waals surface area (Å²) < 4.78 is 4.95. The molecule has 0 saturated carbocycles. The second-order valence-electron chi connectivity index (χ2n) is 23.7. The lowest BCUT2D eigenvalue weighted by Crippen LogP contribution is -2.62. The molecule has 0 bridgehead atoms. The monoisotopic (exact) mass is 1050 g/mol. The maximum Gasteiger partial charge on any atom is 0.252 e. The third-order valence-electron chi connectivity index (χ3n) is 17.0. The number of hydrogen-bond acceptors (Lipinski definition) is 2. The zero-order chi connectivity index (χ0) is 53.3. The highest BCUT2D eigenvalue weighted by atomic mass is 28.3. The Labute approximate surface area is 465 Å². The van der Waals surface area contributed by atoms with Crippen LogP contribution in [0.2, 0.25) is 39.3 Å². The number of para-hydroxylation sites is 8. The Morgan fingerprint density at radius 3 is 0.975 bits per heavy atom. The Kier molecular flexibility index (Phi) is 10.7. The van der Waals surface area contributed by atoms with Crippen LogP contribution < -0.4 is 36.6 Å². The van der Waals surface area contributed by atoms with Crippen molar-refractivity contribution in [2.45, 2.75) is 39.3 Å². The van der Waals surface area contributed by atoms with E-state index in [0.717, 1.165) is 0 Å². The summed E-state index contributed by atoms with van der Waals surface area (Å²) in [7, 11) is -3.81. The van der Waals surface area contributed by atoms with Crippen molar-refractivity contribution in [2.75, 3.05) is 9.80 Å². The van der Waals surface area contributed by atoms with Crippen molar-refractivity contribution in [3.05, 3.63) is 249 Å². The summed E-state index contributed by atoms with van der Waals surface area (Å²) in [5.74, 6) is 0. The third kappa shape index (κ3) is 7.26. The SMILES string of the molecule is C[Si](C)(C)c1ccccc1N1c2cc(-c3ccccc3-n3c4ccccc4c4ccccc43)ccc2B2c3ccc(-c4ccccc4-n4c5ccccc5c5ccccc54)cc3N(c3ccccc3[Si](C)(C)C)c3cccc1c32. The molecule has 0 aliphatic carbocycles. The molecular formula is C72H59BN4Si2. The van der Waals surface area contributed by atoms with Crippen LogP contribution >= 0.6 is 0 Å². The van der Waals surface area contributed by atoms with Gasteiger partial charge in [-0.15, -0.1) is 0 Å². The van der Waals surface area contributed by atoms with E-state index in [-0.39, 0.29) is 6.71 Å². The zero-order valence-electron chi connectivity index (χ0n) is 45.5. The Balaban J connectivity index is 0.999. The summed E-state index contributed by atoms with van der Waals surface area (Å²) in [6, 6.07) is 93.9. The lowest BCUT2D eigenvalue weighted by molar-refractivity contribution is 1.18. The molecule has 11 aromatic carbocycles. The van der Waals surface area contributed by atoms with Crippen molar-refractivity contribution >= 4 is 127 Å². The minimum Gasteiger partial charge on any atom is -0.312 e. The largest absolute Gasteiger partial charge is 0.312 e. The number of anilines is 6. The van der Waals surface area contributed by atoms with Gasteiger partial charge in [-0.3, -0.25) is 0 Å². The first-order valence-corrected chi connectivity index (χ1v) is 34.9. The fraction of sp³-hybridized carbons (Fsp3) is 0.0833. The predicted molar refractivity (Wildman–Crippen MR) is 346 cm³/mol. The topological polar surface area (TPSA) is 16.3 Å². The summed E-state index contributed by atoms with van der Waals surface area (Å²) in [4.78, 5) is 5.30. The minimum atomic E-state index is -1.90. The van der Waals surface area contributed by atoms with Gasteiger partial charge in [0.25, 0.3) is 6.71 Å². The molecule has 0 atom stereocenters. The fourth-order valence-corrected chi connectivity index (χ4v) is 16.7. The Hall–Kier alpha value is -8.88. The van der Waals surface area contributed by atoms with Gasteiger partial charge in [0.1, 0.15) is 0 Å². The molecule has 0 spiro atoms. The van der Waals surface area contributed by atoms with Crippen LogP contribution in [0.3, 0.4) is 0 Å². The molecule has 2 aromatic heterocycles. The van der Waals surface area contributed by atoms with E-state index in [9.17, 15) is 0 Å². The normalized spacial score (nSPS) is 13.1. The van der Waals surface area contributed by atoms with E-state index in [2.05, 4.69) is 307 Å². The number of rotatable bonds is 8. The van der Waals surface area contributed by atoms with Crippen LogP contribution in [0.1, 0.15) is 0 Å². The van der Waals surface area contributed by atoms with Crippen LogP contribution in [0.4, 0.5) is 34.1 Å². The van der Waals surface area contributed by atoms with Crippen molar-refractivity contribution in [2.24, 2.45) is 0 Å². The molecule has 2 aliphatic rings. The maximum absolute atomic E-state index is 2.65. The van der Waals surface area contributed by atoms with Gasteiger partial charge in [0, 0.05) is 66.8 Å². The molecule has 15 rings (SSSR count). The van der Waals surface area contributed by atoms with Crippen LogP contribution in [0.15, 0.2) is 249 Å². The molecule has 7 heteroatoms. The van der Waals surface area contributed by atoms with E-state index < -0.39 is 16.1 Å². The quantitative estimate of drug-likeness (QED) is 0.141. The number of fused-ring (bicyclic) bond motifs is 10. The first-order valence-electron chi connectivity index (χ1n) is 27.9. The van der Waals surface area contributed by atoms with E-state index >= 15 is 0 Å². The van der Waals surface area contributed by atoms with Crippen molar-refractivity contribution in [1.29, 1.82) is 0 Å². The molecule has 0 unspecified atom stereocenters. The minimum absolute atomic E-state index is 0.0509. The van der Waals surface area contributed by atoms with E-state index in [1.807, 2.05) is 0 Å². The van der Waals surface area contributed by atoms with Gasteiger partial charge in [-0.05, 0) is 111 Å². The summed E-state index contributed by atoms with van der Waals surface area (Å²) in [5.41, 5.74) is 23.3. The molecule has 4 nitrogen and oxygen atoms in total. The average Bonchev–Trinajstić information content (AvgIpc) is 3.68. The van der Waals surface area contributed by atoms with E-state index in [0.29, 0.717) is 0 Å². The first kappa shape index (κ1) is 47.3. The van der Waals surface area contributed by atoms with Crippen LogP contribution in [-0.2, 0) is 0 Å². The molecule has 0 radical (unpaired) electrons. The van der Waals surface area contributed by atoms with Gasteiger partial charge in [0.15, 0.2) is 0 Å². The van der Waals surface area contributed by atoms with Gasteiger partial charge < -0.3 is 18.9 Å². The van der Waals surface area contributed by atoms with Crippen molar-refractivity contribution < 1.29 is 0 Å². The number of hydrogen-bond donors (Lipinski definition) is 0. The summed E-state index contributed by atoms with van der Waals surface area (Å²) in [6.07, 6.45) is 0. The number of nitrogens with zero attached hydrogens (tertiary/aromatic N) is 4. The second kappa shape index (κ2) is 17.8. The molecule has 0 fully saturated rings. The van der Waals surface area contributed by atoms with Gasteiger partial charge >= 0.3 is 0 Å². The number of benzene rings is 11. The Morgan fingerprint density at radius 2 is 0.595 bits per heavy atom. The summed E-state index contributed by atoms with van der Waals surface area (Å²) in [5, 5.41) is 7.92. The fourth-order valence-electron chi connectivity index (χ4n) is 13.6. The van der Waals surface area contributed by atoms with E-state index in [1.54, 1.807) is 0 Å². The van der Waals surface area contributed by atoms with Gasteiger partial charge in [-0.2, -0.15) is 0 Å². The summed E-state index contributed by atoms with van der Waals surface area (Å²) >= 11 is 0. The zero-order valence-corrected chi connectivity index (χ0v) is 47.5. The van der Waals surface area contributed by atoms with Crippen molar-refractivity contribution in [3.63, 3.8) is 0 Å². The highest BCUT2D eigenvalue weighted by molar-refractivity contribution is 7.00. The van der Waals surface area contributed by atoms with E-state index in [1.165, 1.54) is 138 Å². The lowest BCUT2D eigenvalue weighted by Gasteiger charge is -2.45. The Bertz CT molecular complexity index is 4230. The first-order chi connectivity index (χ1) is 38.5. The molecule has 0 saturated heterocycles. The van der Waals surface area contributed by atoms with Crippen LogP contribution in [0.5, 0.6) is 0 Å². The highest BCUT2D eigenvalue weighted by Gasteiger charge is 2.45. The second-order valence-corrected chi connectivity index (χ2v) is 33.7. The summed E-state index contributed by atoms with van der Waals surface area (Å²) in [6.45, 7) is 14.9. The van der Waals surface area contributed by atoms with Gasteiger partial charge in [0.05, 0.1) is 49.6 Å². The Morgan fingerprint density at radius 1 is 0.278 bits per heavy atom. The van der Waals surface area contributed by atoms with Crippen LogP contribution in [0, 0.1) is 0 Å².